The summed E-state index contributed by atoms with van der Waals surface area (Å²) in [6, 6.07) is 10.8. The van der Waals surface area contributed by atoms with Gasteiger partial charge in [0.2, 0.25) is 0 Å². The van der Waals surface area contributed by atoms with Gasteiger partial charge in [0.1, 0.15) is 23.3 Å². The number of aliphatic hydroxyl groups excluding tert-OH is 1. The number of ether oxygens (including phenoxy) is 1. The molecule has 0 radical (unpaired) electrons. The molecule has 7 nitrogen and oxygen atoms in total. The molecule has 0 spiro atoms. The third kappa shape index (κ3) is 3.02. The van der Waals surface area contributed by atoms with Gasteiger partial charge >= 0.3 is 0 Å². The van der Waals surface area contributed by atoms with Gasteiger partial charge in [-0.3, -0.25) is 4.79 Å². The van der Waals surface area contributed by atoms with Crippen molar-refractivity contribution in [2.45, 2.75) is 20.0 Å². The Hall–Kier alpha value is -3.32. The minimum Gasteiger partial charge on any atom is -0.497 e. The summed E-state index contributed by atoms with van der Waals surface area (Å²) in [6.45, 7) is 3.49. The zero-order valence-electron chi connectivity index (χ0n) is 15.2. The molecule has 7 heteroatoms. The van der Waals surface area contributed by atoms with E-state index >= 15 is 0 Å². The topological polar surface area (TPSA) is 100 Å². The zero-order chi connectivity index (χ0) is 19.1. The maximum absolute atomic E-state index is 12.7. The number of amides is 1. The van der Waals surface area contributed by atoms with Crippen molar-refractivity contribution in [2.75, 3.05) is 12.4 Å². The third-order valence-electron chi connectivity index (χ3n) is 4.51. The molecule has 138 valence electrons. The second kappa shape index (κ2) is 6.44. The van der Waals surface area contributed by atoms with Crippen LogP contribution in [0.1, 0.15) is 35.0 Å². The molecular formula is C20H19N3O4. The number of hydrogen-bond acceptors (Lipinski definition) is 5. The normalized spacial score (nSPS) is 12.4. The van der Waals surface area contributed by atoms with Crippen molar-refractivity contribution >= 4 is 33.6 Å². The van der Waals surface area contributed by atoms with Gasteiger partial charge in [0.25, 0.3) is 5.91 Å². The number of carbonyl (C=O) groups is 1. The summed E-state index contributed by atoms with van der Waals surface area (Å²) in [6.07, 6.45) is -0.689. The SMILES string of the molecule is COc1ccc2c(C)c(C(=O)Nc3ccc4nc(C(C)O)[nH]c4c3)oc2c1. The van der Waals surface area contributed by atoms with Gasteiger partial charge in [0.05, 0.1) is 18.1 Å². The quantitative estimate of drug-likeness (QED) is 0.509. The molecule has 2 aromatic carbocycles. The number of nitrogens with one attached hydrogen (secondary N) is 2. The summed E-state index contributed by atoms with van der Waals surface area (Å²) in [5, 5.41) is 13.4. The Morgan fingerprint density at radius 1 is 1.30 bits per heavy atom. The van der Waals surface area contributed by atoms with E-state index in [2.05, 4.69) is 15.3 Å². The van der Waals surface area contributed by atoms with Gasteiger partial charge in [0.15, 0.2) is 5.76 Å². The lowest BCUT2D eigenvalue weighted by Crippen LogP contribution is -2.12. The van der Waals surface area contributed by atoms with Crippen molar-refractivity contribution in [3.8, 4) is 5.75 Å². The van der Waals surface area contributed by atoms with E-state index in [1.165, 1.54) is 0 Å². The highest BCUT2D eigenvalue weighted by molar-refractivity contribution is 6.07. The molecule has 1 unspecified atom stereocenters. The number of aromatic amines is 1. The molecule has 0 saturated carbocycles. The van der Waals surface area contributed by atoms with Crippen LogP contribution in [0.4, 0.5) is 5.69 Å². The first-order valence-corrected chi connectivity index (χ1v) is 8.52. The molecular weight excluding hydrogens is 346 g/mol. The van der Waals surface area contributed by atoms with E-state index in [0.717, 1.165) is 22.0 Å². The lowest BCUT2D eigenvalue weighted by Gasteiger charge is -2.03. The number of furan rings is 1. The van der Waals surface area contributed by atoms with Crippen LogP contribution in [0.5, 0.6) is 5.75 Å². The number of nitrogens with zero attached hydrogens (tertiary/aromatic N) is 1. The number of aryl methyl sites for hydroxylation is 1. The smallest absolute Gasteiger partial charge is 0.291 e. The number of anilines is 1. The number of rotatable bonds is 4. The predicted molar refractivity (Wildman–Crippen MR) is 102 cm³/mol. The van der Waals surface area contributed by atoms with Gasteiger partial charge in [-0.05, 0) is 44.2 Å². The first-order valence-electron chi connectivity index (χ1n) is 8.52. The Balaban J connectivity index is 1.64. The number of methoxy groups -OCH3 is 1. The fourth-order valence-electron chi connectivity index (χ4n) is 3.04. The Labute approximate surface area is 155 Å². The second-order valence-corrected chi connectivity index (χ2v) is 6.40. The molecule has 4 rings (SSSR count). The number of aromatic nitrogens is 2. The molecule has 2 heterocycles. The Kier molecular flexibility index (Phi) is 4.08. The van der Waals surface area contributed by atoms with Crippen molar-refractivity contribution in [1.82, 2.24) is 9.97 Å². The summed E-state index contributed by atoms with van der Waals surface area (Å²) in [5.74, 6) is 1.07. The first-order chi connectivity index (χ1) is 13.0. The monoisotopic (exact) mass is 365 g/mol. The molecule has 1 amide bonds. The molecule has 0 aliphatic rings. The van der Waals surface area contributed by atoms with E-state index in [1.807, 2.05) is 19.1 Å². The second-order valence-electron chi connectivity index (χ2n) is 6.40. The lowest BCUT2D eigenvalue weighted by molar-refractivity contribution is 0.0998. The molecule has 4 aromatic rings. The van der Waals surface area contributed by atoms with Crippen molar-refractivity contribution < 1.29 is 19.1 Å². The van der Waals surface area contributed by atoms with Crippen LogP contribution in [-0.2, 0) is 0 Å². The molecule has 0 aliphatic carbocycles. The molecule has 1 atom stereocenters. The number of hydrogen-bond donors (Lipinski definition) is 3. The highest BCUT2D eigenvalue weighted by Gasteiger charge is 2.18. The molecule has 2 aromatic heterocycles. The van der Waals surface area contributed by atoms with E-state index in [9.17, 15) is 9.90 Å². The molecule has 3 N–H and O–H groups in total. The molecule has 0 saturated heterocycles. The first kappa shape index (κ1) is 17.1. The summed E-state index contributed by atoms with van der Waals surface area (Å²) >= 11 is 0. The summed E-state index contributed by atoms with van der Waals surface area (Å²) in [5.41, 5.74) is 3.42. The average Bonchev–Trinajstić information content (AvgIpc) is 3.22. The van der Waals surface area contributed by atoms with Gasteiger partial charge in [-0.15, -0.1) is 0 Å². The van der Waals surface area contributed by atoms with Gasteiger partial charge in [-0.1, -0.05) is 0 Å². The van der Waals surface area contributed by atoms with Gasteiger partial charge in [-0.25, -0.2) is 4.98 Å². The van der Waals surface area contributed by atoms with Crippen LogP contribution in [0.25, 0.3) is 22.0 Å². The van der Waals surface area contributed by atoms with Gasteiger partial charge in [0, 0.05) is 22.7 Å². The van der Waals surface area contributed by atoms with Crippen LogP contribution in [-0.4, -0.2) is 28.1 Å². The molecule has 0 fully saturated rings. The Morgan fingerprint density at radius 2 is 2.11 bits per heavy atom. The van der Waals surface area contributed by atoms with E-state index in [0.29, 0.717) is 22.8 Å². The lowest BCUT2D eigenvalue weighted by atomic mass is 10.1. The van der Waals surface area contributed by atoms with E-state index in [4.69, 9.17) is 9.15 Å². The van der Waals surface area contributed by atoms with Crippen LogP contribution in [0.3, 0.4) is 0 Å². The van der Waals surface area contributed by atoms with E-state index < -0.39 is 6.10 Å². The fourth-order valence-corrected chi connectivity index (χ4v) is 3.04. The van der Waals surface area contributed by atoms with E-state index in [1.54, 1.807) is 38.3 Å². The van der Waals surface area contributed by atoms with Gasteiger partial charge in [-0.2, -0.15) is 0 Å². The van der Waals surface area contributed by atoms with Crippen molar-refractivity contribution in [3.63, 3.8) is 0 Å². The standard InChI is InChI=1S/C20H19N3O4/c1-10-14-6-5-13(26-3)9-17(14)27-18(10)20(25)21-12-4-7-15-16(8-12)23-19(22-15)11(2)24/h4-9,11,24H,1-3H3,(H,21,25)(H,22,23). The summed E-state index contributed by atoms with van der Waals surface area (Å²) in [4.78, 5) is 20.1. The van der Waals surface area contributed by atoms with E-state index in [-0.39, 0.29) is 11.7 Å². The van der Waals surface area contributed by atoms with Crippen LogP contribution < -0.4 is 10.1 Å². The Morgan fingerprint density at radius 3 is 2.85 bits per heavy atom. The zero-order valence-corrected chi connectivity index (χ0v) is 15.2. The number of imidazole rings is 1. The van der Waals surface area contributed by atoms with Crippen LogP contribution >= 0.6 is 0 Å². The third-order valence-corrected chi connectivity index (χ3v) is 4.51. The number of benzene rings is 2. The van der Waals surface area contributed by atoms with Crippen LogP contribution in [0.2, 0.25) is 0 Å². The highest BCUT2D eigenvalue weighted by Crippen LogP contribution is 2.29. The fraction of sp³-hybridized carbons (Fsp3) is 0.200. The molecule has 27 heavy (non-hydrogen) atoms. The molecule has 0 aliphatic heterocycles. The van der Waals surface area contributed by atoms with Crippen LogP contribution in [0.15, 0.2) is 40.8 Å². The predicted octanol–water partition coefficient (Wildman–Crippen LogP) is 3.93. The summed E-state index contributed by atoms with van der Waals surface area (Å²) in [7, 11) is 1.58. The van der Waals surface area contributed by atoms with Gasteiger partial charge < -0.3 is 24.6 Å². The summed E-state index contributed by atoms with van der Waals surface area (Å²) < 4.78 is 11.0. The maximum atomic E-state index is 12.7. The maximum Gasteiger partial charge on any atom is 0.291 e. The minimum absolute atomic E-state index is 0.257. The Bertz CT molecular complexity index is 1160. The number of carbonyl (C=O) groups excluding carboxylic acids is 1. The molecule has 0 bridgehead atoms. The van der Waals surface area contributed by atoms with Crippen LogP contribution in [0, 0.1) is 6.92 Å². The van der Waals surface area contributed by atoms with Crippen molar-refractivity contribution in [1.29, 1.82) is 0 Å². The number of fused-ring (bicyclic) bond motifs is 2. The minimum atomic E-state index is -0.689. The van der Waals surface area contributed by atoms with Crippen molar-refractivity contribution in [3.05, 3.63) is 53.5 Å². The average molecular weight is 365 g/mol. The number of aliphatic hydroxyl groups is 1. The number of H-pyrrole nitrogens is 1. The largest absolute Gasteiger partial charge is 0.497 e. The highest BCUT2D eigenvalue weighted by atomic mass is 16.5. The van der Waals surface area contributed by atoms with Crippen molar-refractivity contribution in [2.24, 2.45) is 0 Å².